The van der Waals surface area contributed by atoms with E-state index in [-0.39, 0.29) is 11.3 Å². The van der Waals surface area contributed by atoms with Crippen LogP contribution in [0.4, 0.5) is 5.69 Å². The van der Waals surface area contributed by atoms with Gasteiger partial charge < -0.3 is 10.6 Å². The number of anilines is 1. The van der Waals surface area contributed by atoms with Gasteiger partial charge in [0.1, 0.15) is 4.60 Å². The van der Waals surface area contributed by atoms with Crippen LogP contribution in [0.1, 0.15) is 25.5 Å². The lowest BCUT2D eigenvalue weighted by atomic mass is 9.83. The van der Waals surface area contributed by atoms with Gasteiger partial charge in [0, 0.05) is 6.54 Å². The molecule has 1 unspecified atom stereocenters. The number of amides is 1. The molecule has 5 heteroatoms. The van der Waals surface area contributed by atoms with Crippen molar-refractivity contribution < 1.29 is 4.79 Å². The van der Waals surface area contributed by atoms with Gasteiger partial charge in [-0.2, -0.15) is 0 Å². The average Bonchev–Trinajstić information content (AvgIpc) is 2.82. The van der Waals surface area contributed by atoms with Crippen LogP contribution in [-0.2, 0) is 4.79 Å². The summed E-state index contributed by atoms with van der Waals surface area (Å²) in [5, 5.41) is 6.28. The number of carbonyl (C=O) groups is 1. The van der Waals surface area contributed by atoms with Gasteiger partial charge in [-0.1, -0.05) is 6.92 Å². The lowest BCUT2D eigenvalue weighted by molar-refractivity contribution is -0.124. The zero-order chi connectivity index (χ0) is 13.2. The summed E-state index contributed by atoms with van der Waals surface area (Å²) in [4.78, 5) is 16.7. The SMILES string of the molecule is CCC1(C(=O)Nc2ccc(Br)nc2C)CCNC1. The minimum absolute atomic E-state index is 0.0993. The van der Waals surface area contributed by atoms with E-state index in [1.54, 1.807) is 0 Å². The summed E-state index contributed by atoms with van der Waals surface area (Å²) < 4.78 is 0.783. The first-order valence-electron chi connectivity index (χ1n) is 6.23. The number of halogens is 1. The fourth-order valence-corrected chi connectivity index (χ4v) is 2.72. The summed E-state index contributed by atoms with van der Waals surface area (Å²) in [6, 6.07) is 3.73. The van der Waals surface area contributed by atoms with E-state index >= 15 is 0 Å². The molecular formula is C13H18BrN3O. The number of hydrogen-bond donors (Lipinski definition) is 2. The fraction of sp³-hybridized carbons (Fsp3) is 0.538. The van der Waals surface area contributed by atoms with Crippen LogP contribution in [0.2, 0.25) is 0 Å². The predicted octanol–water partition coefficient (Wildman–Crippen LogP) is 2.48. The molecule has 1 fully saturated rings. The van der Waals surface area contributed by atoms with Crippen molar-refractivity contribution in [3.63, 3.8) is 0 Å². The highest BCUT2D eigenvalue weighted by Gasteiger charge is 2.39. The van der Waals surface area contributed by atoms with Crippen molar-refractivity contribution in [1.82, 2.24) is 10.3 Å². The van der Waals surface area contributed by atoms with E-state index in [1.807, 2.05) is 19.1 Å². The molecule has 4 nitrogen and oxygen atoms in total. The summed E-state index contributed by atoms with van der Waals surface area (Å²) in [6.45, 7) is 5.64. The Morgan fingerprint density at radius 3 is 2.94 bits per heavy atom. The average molecular weight is 312 g/mol. The second-order valence-electron chi connectivity index (χ2n) is 4.78. The summed E-state index contributed by atoms with van der Waals surface area (Å²) in [5.41, 5.74) is 1.36. The number of hydrogen-bond acceptors (Lipinski definition) is 3. The van der Waals surface area contributed by atoms with Crippen molar-refractivity contribution >= 4 is 27.5 Å². The molecule has 1 saturated heterocycles. The van der Waals surface area contributed by atoms with Crippen LogP contribution in [0.25, 0.3) is 0 Å². The monoisotopic (exact) mass is 311 g/mol. The van der Waals surface area contributed by atoms with Crippen LogP contribution >= 0.6 is 15.9 Å². The van der Waals surface area contributed by atoms with Crippen LogP contribution < -0.4 is 10.6 Å². The van der Waals surface area contributed by atoms with E-state index < -0.39 is 0 Å². The van der Waals surface area contributed by atoms with Crippen LogP contribution in [0.3, 0.4) is 0 Å². The van der Waals surface area contributed by atoms with Gasteiger partial charge in [-0.05, 0) is 54.4 Å². The number of nitrogens with one attached hydrogen (secondary N) is 2. The number of carbonyl (C=O) groups excluding carboxylic acids is 1. The summed E-state index contributed by atoms with van der Waals surface area (Å²) in [7, 11) is 0. The first kappa shape index (κ1) is 13.5. The van der Waals surface area contributed by atoms with Crippen LogP contribution in [0.5, 0.6) is 0 Å². The number of aryl methyl sites for hydroxylation is 1. The quantitative estimate of drug-likeness (QED) is 0.843. The van der Waals surface area contributed by atoms with E-state index in [0.29, 0.717) is 0 Å². The Bertz CT molecular complexity index is 456. The molecule has 0 aliphatic carbocycles. The summed E-state index contributed by atoms with van der Waals surface area (Å²) >= 11 is 3.32. The topological polar surface area (TPSA) is 54.0 Å². The van der Waals surface area contributed by atoms with Crippen LogP contribution in [0.15, 0.2) is 16.7 Å². The zero-order valence-electron chi connectivity index (χ0n) is 10.7. The molecule has 2 heterocycles. The second kappa shape index (κ2) is 5.36. The molecular weight excluding hydrogens is 294 g/mol. The Morgan fingerprint density at radius 2 is 2.39 bits per heavy atom. The van der Waals surface area contributed by atoms with E-state index in [0.717, 1.165) is 41.9 Å². The van der Waals surface area contributed by atoms with Gasteiger partial charge >= 0.3 is 0 Å². The normalized spacial score (nSPS) is 23.1. The first-order valence-corrected chi connectivity index (χ1v) is 7.02. The fourth-order valence-electron chi connectivity index (χ4n) is 2.32. The largest absolute Gasteiger partial charge is 0.324 e. The van der Waals surface area contributed by atoms with Crippen molar-refractivity contribution in [1.29, 1.82) is 0 Å². The van der Waals surface area contributed by atoms with E-state index in [4.69, 9.17) is 0 Å². The Labute approximate surface area is 116 Å². The maximum atomic E-state index is 12.4. The van der Waals surface area contributed by atoms with Gasteiger partial charge in [-0.3, -0.25) is 4.79 Å². The van der Waals surface area contributed by atoms with Gasteiger partial charge in [0.05, 0.1) is 16.8 Å². The second-order valence-corrected chi connectivity index (χ2v) is 5.59. The molecule has 0 saturated carbocycles. The third-order valence-corrected chi connectivity index (χ3v) is 4.14. The van der Waals surface area contributed by atoms with Gasteiger partial charge in [-0.25, -0.2) is 4.98 Å². The highest BCUT2D eigenvalue weighted by molar-refractivity contribution is 9.10. The minimum atomic E-state index is -0.264. The van der Waals surface area contributed by atoms with Gasteiger partial charge in [0.25, 0.3) is 0 Å². The molecule has 1 amide bonds. The van der Waals surface area contributed by atoms with E-state index in [1.165, 1.54) is 0 Å². The lowest BCUT2D eigenvalue weighted by Gasteiger charge is -2.25. The third-order valence-electron chi connectivity index (χ3n) is 3.70. The maximum absolute atomic E-state index is 12.4. The molecule has 2 rings (SSSR count). The number of rotatable bonds is 3. The molecule has 0 bridgehead atoms. The van der Waals surface area contributed by atoms with Gasteiger partial charge in [0.15, 0.2) is 0 Å². The Morgan fingerprint density at radius 1 is 1.61 bits per heavy atom. The molecule has 1 aliphatic heterocycles. The molecule has 2 N–H and O–H groups in total. The molecule has 1 aromatic rings. The van der Waals surface area contributed by atoms with Crippen LogP contribution in [0, 0.1) is 12.3 Å². The minimum Gasteiger partial charge on any atom is -0.324 e. The standard InChI is InChI=1S/C13H18BrN3O/c1-3-13(6-7-15-8-13)12(18)17-10-4-5-11(14)16-9(10)2/h4-5,15H,3,6-8H2,1-2H3,(H,17,18). The van der Waals surface area contributed by atoms with Crippen molar-refractivity contribution in [3.05, 3.63) is 22.4 Å². The van der Waals surface area contributed by atoms with E-state index in [2.05, 4.69) is 38.5 Å². The molecule has 0 radical (unpaired) electrons. The van der Waals surface area contributed by atoms with Crippen molar-refractivity contribution in [3.8, 4) is 0 Å². The van der Waals surface area contributed by atoms with Gasteiger partial charge in [-0.15, -0.1) is 0 Å². The summed E-state index contributed by atoms with van der Waals surface area (Å²) in [6.07, 6.45) is 1.76. The molecule has 1 atom stereocenters. The number of aromatic nitrogens is 1. The molecule has 18 heavy (non-hydrogen) atoms. The predicted molar refractivity (Wildman–Crippen MR) is 75.5 cm³/mol. The van der Waals surface area contributed by atoms with Crippen molar-refractivity contribution in [2.45, 2.75) is 26.7 Å². The number of nitrogens with zero attached hydrogens (tertiary/aromatic N) is 1. The maximum Gasteiger partial charge on any atom is 0.231 e. The molecule has 0 aromatic carbocycles. The third kappa shape index (κ3) is 2.57. The lowest BCUT2D eigenvalue weighted by Crippen LogP contribution is -2.37. The molecule has 1 aliphatic rings. The Hall–Kier alpha value is -0.940. The molecule has 98 valence electrons. The highest BCUT2D eigenvalue weighted by Crippen LogP contribution is 2.31. The molecule has 1 aromatic heterocycles. The Kier molecular flexibility index (Phi) is 4.02. The number of pyridine rings is 1. The first-order chi connectivity index (χ1) is 8.57. The highest BCUT2D eigenvalue weighted by atomic mass is 79.9. The van der Waals surface area contributed by atoms with E-state index in [9.17, 15) is 4.79 Å². The smallest absolute Gasteiger partial charge is 0.231 e. The Balaban J connectivity index is 2.15. The van der Waals surface area contributed by atoms with Crippen LogP contribution in [-0.4, -0.2) is 24.0 Å². The van der Waals surface area contributed by atoms with Gasteiger partial charge in [0.2, 0.25) is 5.91 Å². The van der Waals surface area contributed by atoms with Crippen molar-refractivity contribution in [2.75, 3.05) is 18.4 Å². The summed E-state index contributed by atoms with van der Waals surface area (Å²) in [5.74, 6) is 0.0993. The molecule has 0 spiro atoms. The zero-order valence-corrected chi connectivity index (χ0v) is 12.3. The van der Waals surface area contributed by atoms with Crippen molar-refractivity contribution in [2.24, 2.45) is 5.41 Å².